The molecule has 100 valence electrons. The van der Waals surface area contributed by atoms with Crippen molar-refractivity contribution < 1.29 is 18.3 Å². The van der Waals surface area contributed by atoms with Crippen molar-refractivity contribution in [2.24, 2.45) is 0 Å². The summed E-state index contributed by atoms with van der Waals surface area (Å²) in [5.41, 5.74) is 0. The molecule has 17 heavy (non-hydrogen) atoms. The molecular formula is C9H19N3O4S. The maximum atomic E-state index is 12.2. The Hall–Kier alpha value is -0.700. The van der Waals surface area contributed by atoms with Gasteiger partial charge in [-0.25, -0.2) is 0 Å². The second-order valence-corrected chi connectivity index (χ2v) is 5.64. The van der Waals surface area contributed by atoms with E-state index in [1.54, 1.807) is 13.8 Å². The Bertz CT molecular complexity index is 366. The van der Waals surface area contributed by atoms with E-state index in [-0.39, 0.29) is 13.1 Å². The molecule has 0 aromatic heterocycles. The molecule has 0 aliphatic carbocycles. The van der Waals surface area contributed by atoms with Crippen LogP contribution in [0.25, 0.3) is 0 Å². The van der Waals surface area contributed by atoms with Crippen molar-refractivity contribution in [2.45, 2.75) is 19.9 Å². The first-order valence-corrected chi connectivity index (χ1v) is 7.05. The van der Waals surface area contributed by atoms with Gasteiger partial charge in [0.05, 0.1) is 0 Å². The summed E-state index contributed by atoms with van der Waals surface area (Å²) in [6, 6.07) is -1.02. The van der Waals surface area contributed by atoms with Gasteiger partial charge in [0.15, 0.2) is 0 Å². The predicted octanol–water partition coefficient (Wildman–Crippen LogP) is -1.07. The average molecular weight is 265 g/mol. The number of nitrogens with one attached hydrogen (secondary N) is 1. The Morgan fingerprint density at radius 3 is 2.53 bits per heavy atom. The number of carboxylic acid groups (broad SMARTS) is 1. The lowest BCUT2D eigenvalue weighted by Gasteiger charge is -2.35. The molecule has 2 N–H and O–H groups in total. The second kappa shape index (κ2) is 5.76. The van der Waals surface area contributed by atoms with E-state index in [1.165, 1.54) is 4.31 Å². The van der Waals surface area contributed by atoms with E-state index < -0.39 is 22.2 Å². The number of aliphatic carboxylic acids is 1. The first kappa shape index (κ1) is 14.4. The van der Waals surface area contributed by atoms with Crippen LogP contribution in [0, 0.1) is 0 Å². The topological polar surface area (TPSA) is 90.0 Å². The number of carboxylic acids is 1. The zero-order chi connectivity index (χ0) is 13.1. The van der Waals surface area contributed by atoms with E-state index in [9.17, 15) is 13.2 Å². The lowest BCUT2D eigenvalue weighted by Crippen LogP contribution is -2.59. The van der Waals surface area contributed by atoms with Crippen LogP contribution in [0.2, 0.25) is 0 Å². The van der Waals surface area contributed by atoms with Gasteiger partial charge in [0.2, 0.25) is 0 Å². The summed E-state index contributed by atoms with van der Waals surface area (Å²) in [4.78, 5) is 11.0. The van der Waals surface area contributed by atoms with Gasteiger partial charge in [-0.05, 0) is 0 Å². The fraction of sp³-hybridized carbons (Fsp3) is 0.889. The minimum atomic E-state index is -3.67. The van der Waals surface area contributed by atoms with Crippen LogP contribution in [0.15, 0.2) is 0 Å². The quantitative estimate of drug-likeness (QED) is 0.661. The molecule has 1 unspecified atom stereocenters. The van der Waals surface area contributed by atoms with Crippen LogP contribution in [0.1, 0.15) is 13.8 Å². The van der Waals surface area contributed by atoms with E-state index >= 15 is 0 Å². The second-order valence-electron chi connectivity index (χ2n) is 3.76. The first-order chi connectivity index (χ1) is 7.95. The van der Waals surface area contributed by atoms with Crippen molar-refractivity contribution in [3.63, 3.8) is 0 Å². The third-order valence-electron chi connectivity index (χ3n) is 2.81. The zero-order valence-electron chi connectivity index (χ0n) is 10.1. The molecule has 1 atom stereocenters. The third-order valence-corrected chi connectivity index (χ3v) is 5.01. The van der Waals surface area contributed by atoms with Gasteiger partial charge in [-0.2, -0.15) is 17.0 Å². The summed E-state index contributed by atoms with van der Waals surface area (Å²) in [6.07, 6.45) is 0. The summed E-state index contributed by atoms with van der Waals surface area (Å²) in [5.74, 6) is -1.12. The minimum absolute atomic E-state index is 0.149. The van der Waals surface area contributed by atoms with Crippen LogP contribution in [-0.2, 0) is 15.0 Å². The molecule has 1 fully saturated rings. The van der Waals surface area contributed by atoms with Gasteiger partial charge in [0.1, 0.15) is 6.04 Å². The Kier molecular flexibility index (Phi) is 4.87. The maximum absolute atomic E-state index is 12.2. The standard InChI is InChI=1S/C9H19N3O4S/c1-3-11(4-2)17(15,16)12-6-5-10-7-8(12)9(13)14/h8,10H,3-7H2,1-2H3,(H,13,14). The summed E-state index contributed by atoms with van der Waals surface area (Å²) in [6.45, 7) is 4.97. The van der Waals surface area contributed by atoms with Crippen LogP contribution >= 0.6 is 0 Å². The Morgan fingerprint density at radius 2 is 2.06 bits per heavy atom. The molecule has 1 saturated heterocycles. The molecule has 0 aromatic rings. The largest absolute Gasteiger partial charge is 0.480 e. The molecule has 0 spiro atoms. The highest BCUT2D eigenvalue weighted by Gasteiger charge is 2.39. The molecule has 0 radical (unpaired) electrons. The predicted molar refractivity (Wildman–Crippen MR) is 62.8 cm³/mol. The number of nitrogens with zero attached hydrogens (tertiary/aromatic N) is 2. The van der Waals surface area contributed by atoms with Crippen molar-refractivity contribution >= 4 is 16.2 Å². The molecule has 0 bridgehead atoms. The van der Waals surface area contributed by atoms with E-state index in [1.807, 2.05) is 0 Å². The van der Waals surface area contributed by atoms with Crippen LogP contribution < -0.4 is 5.32 Å². The molecule has 8 heteroatoms. The van der Waals surface area contributed by atoms with Gasteiger partial charge >= 0.3 is 5.97 Å². The van der Waals surface area contributed by atoms with Gasteiger partial charge in [0, 0.05) is 32.7 Å². The molecule has 1 aliphatic heterocycles. The van der Waals surface area contributed by atoms with Crippen molar-refractivity contribution in [2.75, 3.05) is 32.7 Å². The van der Waals surface area contributed by atoms with Crippen molar-refractivity contribution in [1.29, 1.82) is 0 Å². The first-order valence-electron chi connectivity index (χ1n) is 5.65. The lowest BCUT2D eigenvalue weighted by molar-refractivity contribution is -0.141. The van der Waals surface area contributed by atoms with Crippen molar-refractivity contribution in [3.05, 3.63) is 0 Å². The Labute approximate surface area is 102 Å². The Morgan fingerprint density at radius 1 is 1.47 bits per heavy atom. The highest BCUT2D eigenvalue weighted by molar-refractivity contribution is 7.86. The summed E-state index contributed by atoms with van der Waals surface area (Å²) in [7, 11) is -3.67. The Balaban J connectivity index is 2.98. The molecule has 0 amide bonds. The van der Waals surface area contributed by atoms with E-state index in [0.717, 1.165) is 4.31 Å². The lowest BCUT2D eigenvalue weighted by atomic mass is 10.2. The van der Waals surface area contributed by atoms with Crippen LogP contribution in [-0.4, -0.2) is 66.9 Å². The van der Waals surface area contributed by atoms with E-state index in [2.05, 4.69) is 5.32 Å². The zero-order valence-corrected chi connectivity index (χ0v) is 10.9. The average Bonchev–Trinajstić information content (AvgIpc) is 2.30. The summed E-state index contributed by atoms with van der Waals surface area (Å²) < 4.78 is 26.8. The van der Waals surface area contributed by atoms with Crippen LogP contribution in [0.3, 0.4) is 0 Å². The fourth-order valence-electron chi connectivity index (χ4n) is 1.87. The number of piperazine rings is 1. The highest BCUT2D eigenvalue weighted by atomic mass is 32.2. The van der Waals surface area contributed by atoms with Crippen molar-refractivity contribution in [1.82, 2.24) is 13.9 Å². The summed E-state index contributed by atoms with van der Waals surface area (Å²) in [5, 5.41) is 11.9. The van der Waals surface area contributed by atoms with Gasteiger partial charge < -0.3 is 10.4 Å². The highest BCUT2D eigenvalue weighted by Crippen LogP contribution is 2.14. The molecule has 0 saturated carbocycles. The van der Waals surface area contributed by atoms with Crippen LogP contribution in [0.4, 0.5) is 0 Å². The molecule has 1 rings (SSSR count). The molecule has 1 aliphatic rings. The van der Waals surface area contributed by atoms with Crippen molar-refractivity contribution in [3.8, 4) is 0 Å². The third kappa shape index (κ3) is 2.95. The van der Waals surface area contributed by atoms with Gasteiger partial charge in [-0.3, -0.25) is 4.79 Å². The van der Waals surface area contributed by atoms with Crippen LogP contribution in [0.5, 0.6) is 0 Å². The molecular weight excluding hydrogens is 246 g/mol. The summed E-state index contributed by atoms with van der Waals surface area (Å²) >= 11 is 0. The van der Waals surface area contributed by atoms with E-state index in [0.29, 0.717) is 19.6 Å². The number of carbonyl (C=O) groups is 1. The molecule has 7 nitrogen and oxygen atoms in total. The van der Waals surface area contributed by atoms with Gasteiger partial charge in [0.25, 0.3) is 10.2 Å². The molecule has 1 heterocycles. The van der Waals surface area contributed by atoms with Gasteiger partial charge in [-0.1, -0.05) is 13.8 Å². The number of hydrogen-bond acceptors (Lipinski definition) is 4. The van der Waals surface area contributed by atoms with Gasteiger partial charge in [-0.15, -0.1) is 0 Å². The van der Waals surface area contributed by atoms with E-state index in [4.69, 9.17) is 5.11 Å². The maximum Gasteiger partial charge on any atom is 0.323 e. The normalized spacial score (nSPS) is 22.9. The number of rotatable bonds is 5. The number of hydrogen-bond donors (Lipinski definition) is 2. The SMILES string of the molecule is CCN(CC)S(=O)(=O)N1CCNCC1C(=O)O. The molecule has 0 aromatic carbocycles. The monoisotopic (exact) mass is 265 g/mol. The fourth-order valence-corrected chi connectivity index (χ4v) is 3.63. The minimum Gasteiger partial charge on any atom is -0.480 e. The smallest absolute Gasteiger partial charge is 0.323 e.